The molecule has 2 N–H and O–H groups in total. The van der Waals surface area contributed by atoms with Crippen LogP contribution in [0.5, 0.6) is 0 Å². The van der Waals surface area contributed by atoms with Crippen LogP contribution >= 0.6 is 0 Å². The van der Waals surface area contributed by atoms with E-state index < -0.39 is 12.1 Å². The van der Waals surface area contributed by atoms with Crippen molar-refractivity contribution in [2.24, 2.45) is 0 Å². The largest absolute Gasteiger partial charge is 0.469 e. The van der Waals surface area contributed by atoms with E-state index in [0.29, 0.717) is 17.0 Å². The number of amides is 2. The van der Waals surface area contributed by atoms with Crippen molar-refractivity contribution in [2.45, 2.75) is 18.6 Å². The molecule has 0 spiro atoms. The van der Waals surface area contributed by atoms with Gasteiger partial charge in [0.2, 0.25) is 5.91 Å². The number of benzene rings is 1. The zero-order chi connectivity index (χ0) is 20.2. The second kappa shape index (κ2) is 8.28. The first-order chi connectivity index (χ1) is 14.1. The summed E-state index contributed by atoms with van der Waals surface area (Å²) < 4.78 is 5.17. The van der Waals surface area contributed by atoms with Crippen LogP contribution in [0.4, 0.5) is 0 Å². The van der Waals surface area contributed by atoms with E-state index in [1.54, 1.807) is 35.4 Å². The summed E-state index contributed by atoms with van der Waals surface area (Å²) in [6.45, 7) is 0.403. The number of aromatic nitrogens is 1. The minimum Gasteiger partial charge on any atom is -0.469 e. The monoisotopic (exact) mass is 391 g/mol. The van der Waals surface area contributed by atoms with Gasteiger partial charge in [-0.2, -0.15) is 0 Å². The first-order valence-electron chi connectivity index (χ1n) is 9.41. The van der Waals surface area contributed by atoms with E-state index in [1.807, 2.05) is 30.3 Å². The van der Waals surface area contributed by atoms with Crippen LogP contribution in [0, 0.1) is 0 Å². The molecule has 2 amide bonds. The van der Waals surface area contributed by atoms with Crippen molar-refractivity contribution in [3.8, 4) is 11.3 Å². The molecule has 0 bridgehead atoms. The van der Waals surface area contributed by atoms with Gasteiger partial charge in [0.1, 0.15) is 5.76 Å². The van der Waals surface area contributed by atoms with E-state index in [9.17, 15) is 14.7 Å². The molecule has 1 fully saturated rings. The fraction of sp³-hybridized carbons (Fsp3) is 0.227. The maximum atomic E-state index is 12.9. The number of hydrogen-bond acceptors (Lipinski definition) is 5. The number of likely N-dealkylation sites (tertiary alicyclic amines) is 1. The number of aliphatic hydroxyl groups is 1. The second-order valence-corrected chi connectivity index (χ2v) is 7.00. The number of furan rings is 1. The third-order valence-corrected chi connectivity index (χ3v) is 4.91. The van der Waals surface area contributed by atoms with E-state index in [4.69, 9.17) is 4.42 Å². The summed E-state index contributed by atoms with van der Waals surface area (Å²) >= 11 is 0. The van der Waals surface area contributed by atoms with Crippen LogP contribution in [-0.2, 0) is 11.2 Å². The Bertz CT molecular complexity index is 988. The fourth-order valence-corrected chi connectivity index (χ4v) is 3.44. The van der Waals surface area contributed by atoms with E-state index >= 15 is 0 Å². The smallest absolute Gasteiger partial charge is 0.254 e. The van der Waals surface area contributed by atoms with Gasteiger partial charge in [0.25, 0.3) is 5.91 Å². The molecule has 4 rings (SSSR count). The van der Waals surface area contributed by atoms with Gasteiger partial charge in [-0.1, -0.05) is 30.3 Å². The van der Waals surface area contributed by atoms with Gasteiger partial charge in [-0.05, 0) is 24.3 Å². The number of nitrogens with zero attached hydrogens (tertiary/aromatic N) is 2. The molecule has 1 aliphatic rings. The Morgan fingerprint density at radius 1 is 1.14 bits per heavy atom. The standard InChI is InChI=1S/C22H21N3O4/c26-20-14-25(13-19(20)24-21(27)12-17-7-4-10-29-17)22(28)16-8-9-23-18(11-16)15-5-2-1-3-6-15/h1-11,19-20,26H,12-14H2,(H,24,27)/t19-,20-/m1/s1. The molecule has 0 saturated carbocycles. The highest BCUT2D eigenvalue weighted by molar-refractivity contribution is 5.95. The number of aliphatic hydroxyl groups excluding tert-OH is 1. The molecule has 2 aromatic heterocycles. The Hall–Kier alpha value is -3.45. The van der Waals surface area contributed by atoms with Crippen molar-refractivity contribution < 1.29 is 19.1 Å². The third kappa shape index (κ3) is 4.35. The lowest BCUT2D eigenvalue weighted by Crippen LogP contribution is -2.43. The van der Waals surface area contributed by atoms with Crippen LogP contribution < -0.4 is 5.32 Å². The number of carbonyl (C=O) groups is 2. The molecule has 3 heterocycles. The van der Waals surface area contributed by atoms with Crippen molar-refractivity contribution in [3.63, 3.8) is 0 Å². The second-order valence-electron chi connectivity index (χ2n) is 7.00. The summed E-state index contributed by atoms with van der Waals surface area (Å²) in [5.41, 5.74) is 2.12. The van der Waals surface area contributed by atoms with Crippen molar-refractivity contribution in [2.75, 3.05) is 13.1 Å². The first kappa shape index (κ1) is 18.9. The summed E-state index contributed by atoms with van der Waals surface area (Å²) in [6.07, 6.45) is 2.38. The van der Waals surface area contributed by atoms with E-state index in [1.165, 1.54) is 6.26 Å². The summed E-state index contributed by atoms with van der Waals surface area (Å²) in [6, 6.07) is 15.9. The van der Waals surface area contributed by atoms with Crippen LogP contribution in [0.3, 0.4) is 0 Å². The van der Waals surface area contributed by atoms with Crippen LogP contribution in [0.25, 0.3) is 11.3 Å². The number of nitrogens with one attached hydrogen (secondary N) is 1. The van der Waals surface area contributed by atoms with Crippen molar-refractivity contribution in [1.29, 1.82) is 0 Å². The zero-order valence-corrected chi connectivity index (χ0v) is 15.7. The Balaban J connectivity index is 1.41. The topological polar surface area (TPSA) is 95.7 Å². The molecule has 7 nitrogen and oxygen atoms in total. The van der Waals surface area contributed by atoms with Gasteiger partial charge in [0.15, 0.2) is 0 Å². The average Bonchev–Trinajstić information content (AvgIpc) is 3.38. The molecular weight excluding hydrogens is 370 g/mol. The summed E-state index contributed by atoms with van der Waals surface area (Å²) in [5.74, 6) is 0.0909. The number of rotatable bonds is 5. The molecule has 7 heteroatoms. The van der Waals surface area contributed by atoms with Crippen LogP contribution in [-0.4, -0.2) is 52.0 Å². The predicted octanol–water partition coefficient (Wildman–Crippen LogP) is 1.89. The molecule has 1 aromatic carbocycles. The van der Waals surface area contributed by atoms with Gasteiger partial charge in [-0.15, -0.1) is 0 Å². The van der Waals surface area contributed by atoms with Gasteiger partial charge in [-0.3, -0.25) is 14.6 Å². The lowest BCUT2D eigenvalue weighted by Gasteiger charge is -2.17. The Morgan fingerprint density at radius 3 is 2.72 bits per heavy atom. The Labute approximate surface area is 168 Å². The summed E-state index contributed by atoms with van der Waals surface area (Å²) in [4.78, 5) is 31.0. The van der Waals surface area contributed by atoms with Gasteiger partial charge in [0.05, 0.1) is 30.5 Å². The lowest BCUT2D eigenvalue weighted by molar-refractivity contribution is -0.121. The Kier molecular flexibility index (Phi) is 5.39. The minimum absolute atomic E-state index is 0.0922. The van der Waals surface area contributed by atoms with Gasteiger partial charge >= 0.3 is 0 Å². The minimum atomic E-state index is -0.824. The third-order valence-electron chi connectivity index (χ3n) is 4.91. The number of pyridine rings is 1. The van der Waals surface area contributed by atoms with Gasteiger partial charge < -0.3 is 19.7 Å². The maximum Gasteiger partial charge on any atom is 0.254 e. The SMILES string of the molecule is O=C(Cc1ccco1)N[C@@H]1CN(C(=O)c2ccnc(-c3ccccc3)c2)C[C@H]1O. The van der Waals surface area contributed by atoms with Gasteiger partial charge in [-0.25, -0.2) is 0 Å². The molecule has 29 heavy (non-hydrogen) atoms. The molecule has 0 radical (unpaired) electrons. The van der Waals surface area contributed by atoms with Crippen molar-refractivity contribution in [1.82, 2.24) is 15.2 Å². The maximum absolute atomic E-state index is 12.9. The molecule has 2 atom stereocenters. The molecule has 0 unspecified atom stereocenters. The highest BCUT2D eigenvalue weighted by Gasteiger charge is 2.35. The number of carbonyl (C=O) groups excluding carboxylic acids is 2. The molecule has 0 aliphatic carbocycles. The number of β-amino-alcohol motifs (C(OH)–C–C–N with tert-alkyl or cyclic N) is 1. The van der Waals surface area contributed by atoms with Crippen LogP contribution in [0.15, 0.2) is 71.5 Å². The van der Waals surface area contributed by atoms with Crippen molar-refractivity contribution >= 4 is 11.8 Å². The molecular formula is C22H21N3O4. The quantitative estimate of drug-likeness (QED) is 0.692. The van der Waals surface area contributed by atoms with E-state index in [-0.39, 0.29) is 31.3 Å². The van der Waals surface area contributed by atoms with Crippen LogP contribution in [0.1, 0.15) is 16.1 Å². The van der Waals surface area contributed by atoms with Gasteiger partial charge in [0, 0.05) is 30.4 Å². The number of hydrogen-bond donors (Lipinski definition) is 2. The average molecular weight is 391 g/mol. The van der Waals surface area contributed by atoms with Crippen LogP contribution in [0.2, 0.25) is 0 Å². The first-order valence-corrected chi connectivity index (χ1v) is 9.41. The highest BCUT2D eigenvalue weighted by Crippen LogP contribution is 2.20. The lowest BCUT2D eigenvalue weighted by atomic mass is 10.1. The fourth-order valence-electron chi connectivity index (χ4n) is 3.44. The molecule has 148 valence electrons. The van der Waals surface area contributed by atoms with E-state index in [2.05, 4.69) is 10.3 Å². The summed E-state index contributed by atoms with van der Waals surface area (Å²) in [5, 5.41) is 13.1. The molecule has 1 saturated heterocycles. The molecule has 3 aromatic rings. The van der Waals surface area contributed by atoms with E-state index in [0.717, 1.165) is 5.56 Å². The zero-order valence-electron chi connectivity index (χ0n) is 15.7. The highest BCUT2D eigenvalue weighted by atomic mass is 16.3. The van der Waals surface area contributed by atoms with Crippen molar-refractivity contribution in [3.05, 3.63) is 78.4 Å². The molecule has 1 aliphatic heterocycles. The normalized spacial score (nSPS) is 18.6. The predicted molar refractivity (Wildman–Crippen MR) is 106 cm³/mol. The summed E-state index contributed by atoms with van der Waals surface area (Å²) in [7, 11) is 0. The Morgan fingerprint density at radius 2 is 1.97 bits per heavy atom.